The van der Waals surface area contributed by atoms with Gasteiger partial charge in [-0.1, -0.05) is 28.1 Å². The molecule has 102 valence electrons. The number of hydrogen-bond acceptors (Lipinski definition) is 3. The topological polar surface area (TPSA) is 72.2 Å². The monoisotopic (exact) mass is 342 g/mol. The first kappa shape index (κ1) is 14.3. The maximum Gasteiger partial charge on any atom is 0.236 e. The Morgan fingerprint density at radius 2 is 1.84 bits per heavy atom. The normalized spacial score (nSPS) is 13.4. The summed E-state index contributed by atoms with van der Waals surface area (Å²) in [4.78, 5) is 0. The van der Waals surface area contributed by atoms with E-state index < -0.39 is 15.3 Å². The minimum absolute atomic E-state index is 0.0931. The number of sulfonamides is 1. The molecule has 0 spiro atoms. The Bertz CT molecular complexity index is 701. The number of halogens is 1. The molecule has 2 rings (SSSR count). The average Bonchev–Trinajstić information content (AvgIpc) is 2.37. The Morgan fingerprint density at radius 3 is 2.53 bits per heavy atom. The first-order valence-electron chi connectivity index (χ1n) is 5.83. The largest absolute Gasteiger partial charge is 0.329 e. The summed E-state index contributed by atoms with van der Waals surface area (Å²) in [6.07, 6.45) is 0. The Morgan fingerprint density at radius 1 is 1.21 bits per heavy atom. The summed E-state index contributed by atoms with van der Waals surface area (Å²) in [5.41, 5.74) is 5.95. The van der Waals surface area contributed by atoms with Gasteiger partial charge in [0.1, 0.15) is 0 Å². The molecule has 0 aliphatic rings. The lowest BCUT2D eigenvalue weighted by molar-refractivity contribution is 0.589. The molecule has 0 aliphatic heterocycles. The highest BCUT2D eigenvalue weighted by atomic mass is 79.9. The molecule has 6 heteroatoms. The SMILES string of the molecule is CC(CN)S(=O)(=O)Nc1ccc2cc(Br)ccc2c1. The molecule has 1 unspecified atom stereocenters. The molecular formula is C13H15BrN2O2S. The van der Waals surface area contributed by atoms with Gasteiger partial charge in [0.2, 0.25) is 10.0 Å². The number of hydrogen-bond donors (Lipinski definition) is 2. The quantitative estimate of drug-likeness (QED) is 0.897. The van der Waals surface area contributed by atoms with Crippen molar-refractivity contribution in [2.24, 2.45) is 5.73 Å². The van der Waals surface area contributed by atoms with E-state index in [0.29, 0.717) is 5.69 Å². The van der Waals surface area contributed by atoms with Crippen molar-refractivity contribution in [2.45, 2.75) is 12.2 Å². The summed E-state index contributed by atoms with van der Waals surface area (Å²) in [7, 11) is -3.42. The van der Waals surface area contributed by atoms with Crippen LogP contribution in [0.1, 0.15) is 6.92 Å². The molecule has 2 aromatic rings. The van der Waals surface area contributed by atoms with Crippen LogP contribution in [0.2, 0.25) is 0 Å². The lowest BCUT2D eigenvalue weighted by Crippen LogP contribution is -2.31. The van der Waals surface area contributed by atoms with Crippen molar-refractivity contribution < 1.29 is 8.42 Å². The van der Waals surface area contributed by atoms with Gasteiger partial charge in [-0.15, -0.1) is 0 Å². The van der Waals surface area contributed by atoms with E-state index in [-0.39, 0.29) is 6.54 Å². The van der Waals surface area contributed by atoms with E-state index in [1.165, 1.54) is 0 Å². The number of nitrogens with one attached hydrogen (secondary N) is 1. The van der Waals surface area contributed by atoms with Gasteiger partial charge in [0.15, 0.2) is 0 Å². The summed E-state index contributed by atoms with van der Waals surface area (Å²) in [6.45, 7) is 1.68. The maximum atomic E-state index is 11.9. The van der Waals surface area contributed by atoms with Crippen LogP contribution in [0.5, 0.6) is 0 Å². The molecule has 0 saturated carbocycles. The summed E-state index contributed by atoms with van der Waals surface area (Å²) in [6, 6.07) is 11.3. The molecule has 2 aromatic carbocycles. The van der Waals surface area contributed by atoms with Gasteiger partial charge in [-0.2, -0.15) is 0 Å². The van der Waals surface area contributed by atoms with E-state index in [4.69, 9.17) is 5.73 Å². The van der Waals surface area contributed by atoms with Crippen LogP contribution in [0.25, 0.3) is 10.8 Å². The number of fused-ring (bicyclic) bond motifs is 1. The van der Waals surface area contributed by atoms with Crippen molar-refractivity contribution in [2.75, 3.05) is 11.3 Å². The van der Waals surface area contributed by atoms with E-state index in [0.717, 1.165) is 15.2 Å². The van der Waals surface area contributed by atoms with Gasteiger partial charge in [0.05, 0.1) is 5.25 Å². The molecule has 1 atom stereocenters. The Labute approximate surface area is 121 Å². The van der Waals surface area contributed by atoms with Crippen LogP contribution in [0, 0.1) is 0 Å². The van der Waals surface area contributed by atoms with E-state index >= 15 is 0 Å². The first-order valence-corrected chi connectivity index (χ1v) is 8.17. The highest BCUT2D eigenvalue weighted by Crippen LogP contribution is 2.23. The van der Waals surface area contributed by atoms with Crippen molar-refractivity contribution in [1.82, 2.24) is 0 Å². The second-order valence-corrected chi connectivity index (χ2v) is 7.41. The molecule has 0 heterocycles. The molecule has 19 heavy (non-hydrogen) atoms. The molecule has 0 radical (unpaired) electrons. The van der Waals surface area contributed by atoms with E-state index in [1.807, 2.05) is 30.3 Å². The van der Waals surface area contributed by atoms with Crippen LogP contribution in [-0.4, -0.2) is 20.2 Å². The van der Waals surface area contributed by atoms with Crippen molar-refractivity contribution in [1.29, 1.82) is 0 Å². The van der Waals surface area contributed by atoms with E-state index in [1.54, 1.807) is 13.0 Å². The van der Waals surface area contributed by atoms with E-state index in [2.05, 4.69) is 20.7 Å². The second kappa shape index (κ2) is 5.48. The number of rotatable bonds is 4. The lowest BCUT2D eigenvalue weighted by atomic mass is 10.1. The summed E-state index contributed by atoms with van der Waals surface area (Å²) < 4.78 is 27.4. The van der Waals surface area contributed by atoms with Gasteiger partial charge in [-0.05, 0) is 42.0 Å². The van der Waals surface area contributed by atoms with Gasteiger partial charge in [-0.3, -0.25) is 4.72 Å². The summed E-state index contributed by atoms with van der Waals surface area (Å²) in [5, 5.41) is 1.40. The lowest BCUT2D eigenvalue weighted by Gasteiger charge is -2.13. The predicted octanol–water partition coefficient (Wildman–Crippen LogP) is 2.69. The molecule has 0 aromatic heterocycles. The van der Waals surface area contributed by atoms with Crippen molar-refractivity contribution in [3.63, 3.8) is 0 Å². The molecule has 0 bridgehead atoms. The standard InChI is InChI=1S/C13H15BrN2O2S/c1-9(8-15)19(17,18)16-13-5-3-10-6-12(14)4-2-11(10)7-13/h2-7,9,16H,8,15H2,1H3. The van der Waals surface area contributed by atoms with Gasteiger partial charge in [-0.25, -0.2) is 8.42 Å². The fourth-order valence-electron chi connectivity index (χ4n) is 1.67. The fraction of sp³-hybridized carbons (Fsp3) is 0.231. The molecule has 0 aliphatic carbocycles. The van der Waals surface area contributed by atoms with Crippen molar-refractivity contribution in [3.05, 3.63) is 40.9 Å². The zero-order valence-corrected chi connectivity index (χ0v) is 12.8. The summed E-state index contributed by atoms with van der Waals surface area (Å²) >= 11 is 3.40. The fourth-order valence-corrected chi connectivity index (χ4v) is 2.96. The van der Waals surface area contributed by atoms with Crippen LogP contribution < -0.4 is 10.5 Å². The molecule has 4 nitrogen and oxygen atoms in total. The zero-order valence-electron chi connectivity index (χ0n) is 10.4. The van der Waals surface area contributed by atoms with Crippen LogP contribution in [0.3, 0.4) is 0 Å². The van der Waals surface area contributed by atoms with Gasteiger partial charge >= 0.3 is 0 Å². The van der Waals surface area contributed by atoms with E-state index in [9.17, 15) is 8.42 Å². The van der Waals surface area contributed by atoms with Crippen LogP contribution in [0.4, 0.5) is 5.69 Å². The van der Waals surface area contributed by atoms with Crippen molar-refractivity contribution >= 4 is 42.4 Å². The number of benzene rings is 2. The predicted molar refractivity (Wildman–Crippen MR) is 82.7 cm³/mol. The average molecular weight is 343 g/mol. The summed E-state index contributed by atoms with van der Waals surface area (Å²) in [5.74, 6) is 0. The minimum Gasteiger partial charge on any atom is -0.329 e. The molecule has 3 N–H and O–H groups in total. The Balaban J connectivity index is 2.35. The van der Waals surface area contributed by atoms with Crippen LogP contribution in [-0.2, 0) is 10.0 Å². The molecule has 0 amide bonds. The molecule has 0 saturated heterocycles. The zero-order chi connectivity index (χ0) is 14.0. The van der Waals surface area contributed by atoms with Gasteiger partial charge in [0.25, 0.3) is 0 Å². The second-order valence-electron chi connectivity index (χ2n) is 4.40. The third kappa shape index (κ3) is 3.26. The third-order valence-corrected chi connectivity index (χ3v) is 5.19. The molecule has 0 fully saturated rings. The van der Waals surface area contributed by atoms with Crippen LogP contribution in [0.15, 0.2) is 40.9 Å². The Kier molecular flexibility index (Phi) is 4.13. The highest BCUT2D eigenvalue weighted by molar-refractivity contribution is 9.10. The highest BCUT2D eigenvalue weighted by Gasteiger charge is 2.18. The van der Waals surface area contributed by atoms with Crippen molar-refractivity contribution in [3.8, 4) is 0 Å². The first-order chi connectivity index (χ1) is 8.92. The smallest absolute Gasteiger partial charge is 0.236 e. The number of anilines is 1. The van der Waals surface area contributed by atoms with Gasteiger partial charge < -0.3 is 5.73 Å². The molecular weight excluding hydrogens is 328 g/mol. The van der Waals surface area contributed by atoms with Gasteiger partial charge in [0, 0.05) is 16.7 Å². The maximum absolute atomic E-state index is 11.9. The Hall–Kier alpha value is -1.11. The number of nitrogens with two attached hydrogens (primary N) is 1. The third-order valence-electron chi connectivity index (χ3n) is 2.92. The minimum atomic E-state index is -3.42. The van der Waals surface area contributed by atoms with Crippen LogP contribution >= 0.6 is 15.9 Å².